The van der Waals surface area contributed by atoms with Gasteiger partial charge in [0.25, 0.3) is 0 Å². The normalized spacial score (nSPS) is 11.2. The predicted molar refractivity (Wildman–Crippen MR) is 76.4 cm³/mol. The molecule has 0 unspecified atom stereocenters. The van der Waals surface area contributed by atoms with Gasteiger partial charge in [-0.15, -0.1) is 0 Å². The maximum Gasteiger partial charge on any atom is 0.416 e. The van der Waals surface area contributed by atoms with E-state index in [0.717, 1.165) is 23.4 Å². The Balaban J connectivity index is 1.99. The first-order valence-electron chi connectivity index (χ1n) is 6.62. The van der Waals surface area contributed by atoms with Crippen molar-refractivity contribution in [1.29, 1.82) is 0 Å². The molecule has 0 aliphatic heterocycles. The minimum atomic E-state index is -4.32. The number of anilines is 1. The highest BCUT2D eigenvalue weighted by Crippen LogP contribution is 2.30. The molecule has 0 aliphatic rings. The van der Waals surface area contributed by atoms with Crippen LogP contribution in [0.25, 0.3) is 0 Å². The molecule has 0 fully saturated rings. The SMILES string of the molecule is CCOc1ccc(CNc2cccc(C(F)(F)F)c2)cc1. The Bertz CT molecular complexity index is 579. The van der Waals surface area contributed by atoms with Gasteiger partial charge in [0.15, 0.2) is 0 Å². The van der Waals surface area contributed by atoms with Crippen molar-refractivity contribution in [2.24, 2.45) is 0 Å². The molecule has 0 atom stereocenters. The molecule has 0 heterocycles. The predicted octanol–water partition coefficient (Wildman–Crippen LogP) is 4.72. The van der Waals surface area contributed by atoms with Gasteiger partial charge in [-0.3, -0.25) is 0 Å². The third-order valence-electron chi connectivity index (χ3n) is 2.92. The number of benzene rings is 2. The fourth-order valence-corrected chi connectivity index (χ4v) is 1.88. The van der Waals surface area contributed by atoms with Crippen molar-refractivity contribution >= 4 is 5.69 Å². The summed E-state index contributed by atoms with van der Waals surface area (Å²) < 4.78 is 43.2. The molecule has 21 heavy (non-hydrogen) atoms. The van der Waals surface area contributed by atoms with Gasteiger partial charge < -0.3 is 10.1 Å². The van der Waals surface area contributed by atoms with Crippen LogP contribution in [-0.2, 0) is 12.7 Å². The molecule has 2 aromatic rings. The molecule has 0 radical (unpaired) electrons. The third-order valence-corrected chi connectivity index (χ3v) is 2.92. The van der Waals surface area contributed by atoms with Crippen LogP contribution in [0.5, 0.6) is 5.75 Å². The van der Waals surface area contributed by atoms with Crippen LogP contribution in [0.2, 0.25) is 0 Å². The minimum Gasteiger partial charge on any atom is -0.494 e. The number of nitrogens with one attached hydrogen (secondary N) is 1. The molecule has 0 saturated heterocycles. The lowest BCUT2D eigenvalue weighted by Crippen LogP contribution is -2.06. The molecule has 0 bridgehead atoms. The van der Waals surface area contributed by atoms with Crippen molar-refractivity contribution in [2.45, 2.75) is 19.6 Å². The summed E-state index contributed by atoms with van der Waals surface area (Å²) in [4.78, 5) is 0. The number of hydrogen-bond donors (Lipinski definition) is 1. The van der Waals surface area contributed by atoms with Crippen LogP contribution in [0, 0.1) is 0 Å². The van der Waals surface area contributed by atoms with E-state index in [-0.39, 0.29) is 0 Å². The number of hydrogen-bond acceptors (Lipinski definition) is 2. The zero-order valence-corrected chi connectivity index (χ0v) is 11.6. The van der Waals surface area contributed by atoms with Crippen molar-refractivity contribution < 1.29 is 17.9 Å². The summed E-state index contributed by atoms with van der Waals surface area (Å²) in [6.45, 7) is 2.96. The van der Waals surface area contributed by atoms with Gasteiger partial charge in [0, 0.05) is 12.2 Å². The quantitative estimate of drug-likeness (QED) is 0.862. The van der Waals surface area contributed by atoms with Gasteiger partial charge in [0.2, 0.25) is 0 Å². The topological polar surface area (TPSA) is 21.3 Å². The summed E-state index contributed by atoms with van der Waals surface area (Å²) in [5.41, 5.74) is 0.758. The third kappa shape index (κ3) is 4.41. The van der Waals surface area contributed by atoms with Gasteiger partial charge in [-0.05, 0) is 42.8 Å². The van der Waals surface area contributed by atoms with Gasteiger partial charge in [-0.2, -0.15) is 13.2 Å². The lowest BCUT2D eigenvalue weighted by Gasteiger charge is -2.11. The fourth-order valence-electron chi connectivity index (χ4n) is 1.88. The summed E-state index contributed by atoms with van der Waals surface area (Å²) in [5.74, 6) is 0.778. The van der Waals surface area contributed by atoms with Gasteiger partial charge in [0.05, 0.1) is 12.2 Å². The molecule has 0 saturated carbocycles. The first-order valence-corrected chi connectivity index (χ1v) is 6.62. The van der Waals surface area contributed by atoms with E-state index in [1.807, 2.05) is 31.2 Å². The number of rotatable bonds is 5. The van der Waals surface area contributed by atoms with Crippen molar-refractivity contribution in [3.8, 4) is 5.75 Å². The Labute approximate surface area is 121 Å². The van der Waals surface area contributed by atoms with Gasteiger partial charge in [0.1, 0.15) is 5.75 Å². The average molecular weight is 295 g/mol. The zero-order valence-electron chi connectivity index (χ0n) is 11.6. The maximum absolute atomic E-state index is 12.6. The summed E-state index contributed by atoms with van der Waals surface area (Å²) in [5, 5.41) is 2.98. The van der Waals surface area contributed by atoms with E-state index in [9.17, 15) is 13.2 Å². The van der Waals surface area contributed by atoms with Gasteiger partial charge in [-0.1, -0.05) is 18.2 Å². The molecule has 2 aromatic carbocycles. The summed E-state index contributed by atoms with van der Waals surface area (Å²) >= 11 is 0. The molecule has 5 heteroatoms. The average Bonchev–Trinajstić information content (AvgIpc) is 2.46. The highest BCUT2D eigenvalue weighted by molar-refractivity contribution is 5.47. The Hall–Kier alpha value is -2.17. The molecule has 0 aliphatic carbocycles. The van der Waals surface area contributed by atoms with Crippen LogP contribution in [0.3, 0.4) is 0 Å². The number of ether oxygens (including phenoxy) is 1. The molecular weight excluding hydrogens is 279 g/mol. The number of alkyl halides is 3. The summed E-state index contributed by atoms with van der Waals surface area (Å²) in [6.07, 6.45) is -4.32. The summed E-state index contributed by atoms with van der Waals surface area (Å²) in [7, 11) is 0. The van der Waals surface area contributed by atoms with E-state index in [1.54, 1.807) is 6.07 Å². The molecule has 112 valence electrons. The van der Waals surface area contributed by atoms with Crippen LogP contribution in [0.4, 0.5) is 18.9 Å². The highest BCUT2D eigenvalue weighted by atomic mass is 19.4. The van der Waals surface area contributed by atoms with Gasteiger partial charge >= 0.3 is 6.18 Å². The van der Waals surface area contributed by atoms with Crippen molar-refractivity contribution in [3.63, 3.8) is 0 Å². The second kappa shape index (κ2) is 6.52. The first kappa shape index (κ1) is 15.2. The Morgan fingerprint density at radius 1 is 1.05 bits per heavy atom. The molecule has 0 amide bonds. The van der Waals surface area contributed by atoms with E-state index in [0.29, 0.717) is 18.8 Å². The van der Waals surface area contributed by atoms with Crippen LogP contribution in [0.1, 0.15) is 18.1 Å². The van der Waals surface area contributed by atoms with Gasteiger partial charge in [-0.25, -0.2) is 0 Å². The van der Waals surface area contributed by atoms with E-state index in [1.165, 1.54) is 6.07 Å². The van der Waals surface area contributed by atoms with Crippen LogP contribution in [0.15, 0.2) is 48.5 Å². The maximum atomic E-state index is 12.6. The first-order chi connectivity index (χ1) is 9.99. The van der Waals surface area contributed by atoms with Crippen LogP contribution >= 0.6 is 0 Å². The molecule has 2 nitrogen and oxygen atoms in total. The second-order valence-corrected chi connectivity index (χ2v) is 4.51. The summed E-state index contributed by atoms with van der Waals surface area (Å²) in [6, 6.07) is 12.6. The van der Waals surface area contributed by atoms with E-state index >= 15 is 0 Å². The van der Waals surface area contributed by atoms with Crippen molar-refractivity contribution in [2.75, 3.05) is 11.9 Å². The molecule has 2 rings (SSSR count). The monoisotopic (exact) mass is 295 g/mol. The van der Waals surface area contributed by atoms with E-state index < -0.39 is 11.7 Å². The second-order valence-electron chi connectivity index (χ2n) is 4.51. The molecule has 1 N–H and O–H groups in total. The van der Waals surface area contributed by atoms with E-state index in [2.05, 4.69) is 5.32 Å². The van der Waals surface area contributed by atoms with Crippen molar-refractivity contribution in [1.82, 2.24) is 0 Å². The van der Waals surface area contributed by atoms with Crippen molar-refractivity contribution in [3.05, 3.63) is 59.7 Å². The lowest BCUT2D eigenvalue weighted by molar-refractivity contribution is -0.137. The van der Waals surface area contributed by atoms with Crippen LogP contribution < -0.4 is 10.1 Å². The Kier molecular flexibility index (Phi) is 4.73. The minimum absolute atomic E-state index is 0.443. The molecular formula is C16H16F3NO. The highest BCUT2D eigenvalue weighted by Gasteiger charge is 2.30. The Morgan fingerprint density at radius 2 is 1.76 bits per heavy atom. The fraction of sp³-hybridized carbons (Fsp3) is 0.250. The lowest BCUT2D eigenvalue weighted by atomic mass is 10.1. The largest absolute Gasteiger partial charge is 0.494 e. The standard InChI is InChI=1S/C16H16F3NO/c1-2-21-15-8-6-12(7-9-15)11-20-14-5-3-4-13(10-14)16(17,18)19/h3-10,20H,2,11H2,1H3. The zero-order chi connectivity index (χ0) is 15.3. The Morgan fingerprint density at radius 3 is 2.38 bits per heavy atom. The number of halogens is 3. The molecule has 0 aromatic heterocycles. The smallest absolute Gasteiger partial charge is 0.416 e. The molecule has 0 spiro atoms. The van der Waals surface area contributed by atoms with Crippen LogP contribution in [-0.4, -0.2) is 6.61 Å². The van der Waals surface area contributed by atoms with E-state index in [4.69, 9.17) is 4.74 Å².